The van der Waals surface area contributed by atoms with E-state index in [4.69, 9.17) is 4.42 Å². The molecule has 0 saturated carbocycles. The highest BCUT2D eigenvalue weighted by Gasteiger charge is 2.09. The molecule has 0 fully saturated rings. The molecule has 0 unspecified atom stereocenters. The zero-order chi connectivity index (χ0) is 10.4. The van der Waals surface area contributed by atoms with E-state index in [2.05, 4.69) is 37.9 Å². The Hall–Kier alpha value is -0.800. The average molecular weight is 326 g/mol. The van der Waals surface area contributed by atoms with Crippen LogP contribution >= 0.6 is 31.9 Å². The lowest BCUT2D eigenvalue weighted by Crippen LogP contribution is -1.70. The number of benzene rings is 2. The predicted molar refractivity (Wildman–Crippen MR) is 69.1 cm³/mol. The first-order chi connectivity index (χ1) is 7.25. The summed E-state index contributed by atoms with van der Waals surface area (Å²) >= 11 is 7.01. The molecule has 3 rings (SSSR count). The van der Waals surface area contributed by atoms with Gasteiger partial charge in [-0.15, -0.1) is 0 Å². The van der Waals surface area contributed by atoms with E-state index in [0.29, 0.717) is 0 Å². The van der Waals surface area contributed by atoms with Crippen LogP contribution in [-0.2, 0) is 0 Å². The van der Waals surface area contributed by atoms with E-state index >= 15 is 0 Å². The Morgan fingerprint density at radius 1 is 0.933 bits per heavy atom. The smallest absolute Gasteiger partial charge is 0.137 e. The third kappa shape index (κ3) is 1.42. The van der Waals surface area contributed by atoms with Gasteiger partial charge in [0.25, 0.3) is 0 Å². The molecule has 0 amide bonds. The fraction of sp³-hybridized carbons (Fsp3) is 0. The molecule has 74 valence electrons. The molecule has 0 aliphatic rings. The number of rotatable bonds is 0. The summed E-state index contributed by atoms with van der Waals surface area (Å²) in [6, 6.07) is 12.1. The first-order valence-electron chi connectivity index (χ1n) is 4.52. The van der Waals surface area contributed by atoms with Crippen molar-refractivity contribution in [2.75, 3.05) is 0 Å². The average Bonchev–Trinajstić information content (AvgIpc) is 2.54. The van der Waals surface area contributed by atoms with E-state index in [-0.39, 0.29) is 0 Å². The molecule has 3 aromatic rings. The molecule has 0 aliphatic heterocycles. The summed E-state index contributed by atoms with van der Waals surface area (Å²) in [5.74, 6) is 0. The molecule has 0 N–H and O–H groups in total. The van der Waals surface area contributed by atoms with Crippen LogP contribution in [0.4, 0.5) is 0 Å². The fourth-order valence-corrected chi connectivity index (χ4v) is 3.17. The first kappa shape index (κ1) is 9.43. The van der Waals surface area contributed by atoms with Gasteiger partial charge in [0.1, 0.15) is 11.2 Å². The van der Waals surface area contributed by atoms with E-state index in [1.165, 1.54) is 0 Å². The number of fused-ring (bicyclic) bond motifs is 3. The summed E-state index contributed by atoms with van der Waals surface area (Å²) in [6.07, 6.45) is 0. The Labute approximate surface area is 103 Å². The van der Waals surface area contributed by atoms with Gasteiger partial charge in [-0.1, -0.05) is 34.1 Å². The molecule has 0 atom stereocenters. The van der Waals surface area contributed by atoms with Gasteiger partial charge in [-0.25, -0.2) is 0 Å². The van der Waals surface area contributed by atoms with E-state index in [1.54, 1.807) is 0 Å². The Bertz CT molecular complexity index is 655. The van der Waals surface area contributed by atoms with Crippen molar-refractivity contribution in [1.29, 1.82) is 0 Å². The van der Waals surface area contributed by atoms with Crippen LogP contribution < -0.4 is 0 Å². The first-order valence-corrected chi connectivity index (χ1v) is 6.10. The SMILES string of the molecule is Brc1cc(Br)c2c(c1)oc1ccccc12. The molecular weight excluding hydrogens is 320 g/mol. The van der Waals surface area contributed by atoms with Crippen molar-refractivity contribution in [3.63, 3.8) is 0 Å². The largest absolute Gasteiger partial charge is 0.456 e. The van der Waals surface area contributed by atoms with Crippen molar-refractivity contribution in [3.05, 3.63) is 45.3 Å². The molecule has 0 radical (unpaired) electrons. The van der Waals surface area contributed by atoms with Crippen LogP contribution in [-0.4, -0.2) is 0 Å². The van der Waals surface area contributed by atoms with Crippen molar-refractivity contribution < 1.29 is 4.42 Å². The van der Waals surface area contributed by atoms with Gasteiger partial charge in [0, 0.05) is 19.7 Å². The van der Waals surface area contributed by atoms with Crippen LogP contribution in [0.25, 0.3) is 21.9 Å². The monoisotopic (exact) mass is 324 g/mol. The van der Waals surface area contributed by atoms with Crippen LogP contribution in [0.5, 0.6) is 0 Å². The third-order valence-corrected chi connectivity index (χ3v) is 3.48. The maximum absolute atomic E-state index is 5.75. The van der Waals surface area contributed by atoms with Crippen LogP contribution in [0.2, 0.25) is 0 Å². The molecule has 1 heterocycles. The molecular formula is C12H6Br2O. The highest BCUT2D eigenvalue weighted by molar-refractivity contribution is 9.11. The van der Waals surface area contributed by atoms with Gasteiger partial charge < -0.3 is 4.42 Å². The van der Waals surface area contributed by atoms with Crippen LogP contribution in [0.1, 0.15) is 0 Å². The molecule has 15 heavy (non-hydrogen) atoms. The highest BCUT2D eigenvalue weighted by atomic mass is 79.9. The molecule has 1 aromatic heterocycles. The lowest BCUT2D eigenvalue weighted by molar-refractivity contribution is 0.668. The second-order valence-electron chi connectivity index (χ2n) is 3.36. The fourth-order valence-electron chi connectivity index (χ4n) is 1.77. The molecule has 3 heteroatoms. The minimum absolute atomic E-state index is 0.900. The lowest BCUT2D eigenvalue weighted by Gasteiger charge is -1.95. The van der Waals surface area contributed by atoms with Crippen molar-refractivity contribution >= 4 is 53.8 Å². The van der Waals surface area contributed by atoms with E-state index in [0.717, 1.165) is 30.9 Å². The van der Waals surface area contributed by atoms with Gasteiger partial charge in [0.05, 0.1) is 0 Å². The molecule has 2 aromatic carbocycles. The minimum atomic E-state index is 0.900. The van der Waals surface area contributed by atoms with Gasteiger partial charge in [0.2, 0.25) is 0 Å². The van der Waals surface area contributed by atoms with E-state index in [9.17, 15) is 0 Å². The van der Waals surface area contributed by atoms with Gasteiger partial charge in [-0.3, -0.25) is 0 Å². The van der Waals surface area contributed by atoms with Gasteiger partial charge in [0.15, 0.2) is 0 Å². The summed E-state index contributed by atoms with van der Waals surface area (Å²) in [6.45, 7) is 0. The zero-order valence-corrected chi connectivity index (χ0v) is 10.8. The van der Waals surface area contributed by atoms with Crippen LogP contribution in [0.3, 0.4) is 0 Å². The van der Waals surface area contributed by atoms with Crippen LogP contribution in [0.15, 0.2) is 49.8 Å². The standard InChI is InChI=1S/C12H6Br2O/c13-7-5-9(14)12-8-3-1-2-4-10(8)15-11(12)6-7/h1-6H. The topological polar surface area (TPSA) is 13.1 Å². The molecule has 0 aliphatic carbocycles. The van der Waals surface area contributed by atoms with Crippen LogP contribution in [0, 0.1) is 0 Å². The van der Waals surface area contributed by atoms with Crippen molar-refractivity contribution in [1.82, 2.24) is 0 Å². The summed E-state index contributed by atoms with van der Waals surface area (Å²) in [4.78, 5) is 0. The number of furan rings is 1. The van der Waals surface area contributed by atoms with Crippen molar-refractivity contribution in [2.24, 2.45) is 0 Å². The molecule has 1 nitrogen and oxygen atoms in total. The maximum atomic E-state index is 5.75. The number of hydrogen-bond acceptors (Lipinski definition) is 1. The third-order valence-electron chi connectivity index (χ3n) is 2.40. The lowest BCUT2D eigenvalue weighted by atomic mass is 10.2. The highest BCUT2D eigenvalue weighted by Crippen LogP contribution is 2.36. The van der Waals surface area contributed by atoms with Gasteiger partial charge in [-0.05, 0) is 34.1 Å². The molecule has 0 spiro atoms. The van der Waals surface area contributed by atoms with Gasteiger partial charge in [-0.2, -0.15) is 0 Å². The normalized spacial score (nSPS) is 11.3. The summed E-state index contributed by atoms with van der Waals surface area (Å²) in [7, 11) is 0. The Morgan fingerprint density at radius 2 is 1.73 bits per heavy atom. The Kier molecular flexibility index (Phi) is 2.11. The minimum Gasteiger partial charge on any atom is -0.456 e. The van der Waals surface area contributed by atoms with Crippen molar-refractivity contribution in [3.8, 4) is 0 Å². The Balaban J connectivity index is 2.61. The maximum Gasteiger partial charge on any atom is 0.137 e. The number of hydrogen-bond donors (Lipinski definition) is 0. The quantitative estimate of drug-likeness (QED) is 0.559. The Morgan fingerprint density at radius 3 is 2.60 bits per heavy atom. The molecule has 0 saturated heterocycles. The van der Waals surface area contributed by atoms with E-state index < -0.39 is 0 Å². The van der Waals surface area contributed by atoms with Crippen molar-refractivity contribution in [2.45, 2.75) is 0 Å². The van der Waals surface area contributed by atoms with E-state index in [1.807, 2.05) is 30.3 Å². The second kappa shape index (κ2) is 3.35. The zero-order valence-electron chi connectivity index (χ0n) is 7.63. The summed E-state index contributed by atoms with van der Waals surface area (Å²) in [5.41, 5.74) is 1.82. The predicted octanol–water partition coefficient (Wildman–Crippen LogP) is 5.11. The number of para-hydroxylation sites is 1. The second-order valence-corrected chi connectivity index (χ2v) is 5.13. The summed E-state index contributed by atoms with van der Waals surface area (Å²) in [5, 5.41) is 2.28. The molecule has 0 bridgehead atoms. The van der Waals surface area contributed by atoms with Gasteiger partial charge >= 0.3 is 0 Å². The number of halogens is 2. The summed E-state index contributed by atoms with van der Waals surface area (Å²) < 4.78 is 7.82.